The van der Waals surface area contributed by atoms with Gasteiger partial charge in [-0.1, -0.05) is 60.7 Å². The molecule has 0 spiro atoms. The van der Waals surface area contributed by atoms with E-state index in [1.807, 2.05) is 60.7 Å². The summed E-state index contributed by atoms with van der Waals surface area (Å²) in [5.41, 5.74) is 2.86. The molecule has 1 atom stereocenters. The van der Waals surface area contributed by atoms with E-state index in [9.17, 15) is 9.59 Å². The topological polar surface area (TPSA) is 83.6 Å². The minimum atomic E-state index is -0.788. The molecule has 1 aromatic heterocycles. The first-order chi connectivity index (χ1) is 15.6. The number of carbonyl (C=O) groups is 2. The molecule has 8 heteroatoms. The Balaban J connectivity index is 1.42. The number of aromatic nitrogens is 1. The van der Waals surface area contributed by atoms with Gasteiger partial charge in [0, 0.05) is 30.8 Å². The molecule has 2 aromatic carbocycles. The third-order valence-electron chi connectivity index (χ3n) is 5.26. The highest BCUT2D eigenvalue weighted by molar-refractivity contribution is 7.15. The van der Waals surface area contributed by atoms with Crippen molar-refractivity contribution in [3.63, 3.8) is 0 Å². The van der Waals surface area contributed by atoms with E-state index in [1.54, 1.807) is 0 Å². The van der Waals surface area contributed by atoms with Crippen LogP contribution in [0.25, 0.3) is 0 Å². The number of nitrogens with zero attached hydrogens (tertiary/aromatic N) is 2. The van der Waals surface area contributed by atoms with Crippen LogP contribution in [0.2, 0.25) is 0 Å². The predicted octanol–water partition coefficient (Wildman–Crippen LogP) is 3.61. The number of rotatable bonds is 7. The zero-order valence-corrected chi connectivity index (χ0v) is 18.7. The number of carbonyl (C=O) groups excluding carboxylic acids is 2. The van der Waals surface area contributed by atoms with Crippen LogP contribution in [0.5, 0.6) is 0 Å². The first kappa shape index (κ1) is 22.0. The maximum atomic E-state index is 13.1. The molecule has 0 unspecified atom stereocenters. The van der Waals surface area contributed by atoms with Crippen molar-refractivity contribution in [3.8, 4) is 0 Å². The van der Waals surface area contributed by atoms with Crippen LogP contribution in [-0.2, 0) is 35.5 Å². The van der Waals surface area contributed by atoms with Crippen molar-refractivity contribution in [2.75, 3.05) is 18.9 Å². The van der Waals surface area contributed by atoms with E-state index in [-0.39, 0.29) is 12.5 Å². The van der Waals surface area contributed by atoms with Gasteiger partial charge in [0.25, 0.3) is 0 Å². The fourth-order valence-corrected chi connectivity index (χ4v) is 4.63. The molecule has 7 nitrogen and oxygen atoms in total. The summed E-state index contributed by atoms with van der Waals surface area (Å²) < 4.78 is 5.33. The van der Waals surface area contributed by atoms with E-state index < -0.39 is 12.1 Å². The molecule has 0 saturated heterocycles. The molecule has 0 aliphatic carbocycles. The van der Waals surface area contributed by atoms with Crippen LogP contribution in [0.15, 0.2) is 60.7 Å². The second-order valence-electron chi connectivity index (χ2n) is 7.81. The van der Waals surface area contributed by atoms with Gasteiger partial charge in [-0.05, 0) is 18.2 Å². The predicted molar refractivity (Wildman–Crippen MR) is 124 cm³/mol. The van der Waals surface area contributed by atoms with Crippen LogP contribution < -0.4 is 10.6 Å². The molecule has 1 aliphatic rings. The van der Waals surface area contributed by atoms with E-state index in [0.29, 0.717) is 11.6 Å². The number of thiazole rings is 1. The Morgan fingerprint density at radius 1 is 1.09 bits per heavy atom. The van der Waals surface area contributed by atoms with Crippen molar-refractivity contribution >= 4 is 28.5 Å². The Morgan fingerprint density at radius 3 is 2.50 bits per heavy atom. The van der Waals surface area contributed by atoms with E-state index in [1.165, 1.54) is 16.2 Å². The first-order valence-electron chi connectivity index (χ1n) is 10.6. The number of hydrogen-bond donors (Lipinski definition) is 2. The lowest BCUT2D eigenvalue weighted by Gasteiger charge is -2.20. The monoisotopic (exact) mass is 450 g/mol. The lowest BCUT2D eigenvalue weighted by Crippen LogP contribution is -2.45. The van der Waals surface area contributed by atoms with Crippen molar-refractivity contribution in [2.24, 2.45) is 0 Å². The van der Waals surface area contributed by atoms with Crippen molar-refractivity contribution in [3.05, 3.63) is 82.4 Å². The molecule has 3 aromatic rings. The zero-order chi connectivity index (χ0) is 22.3. The average Bonchev–Trinajstić information content (AvgIpc) is 3.20. The Bertz CT molecular complexity index is 1060. The van der Waals surface area contributed by atoms with E-state index >= 15 is 0 Å². The number of anilines is 1. The molecule has 1 aliphatic heterocycles. The molecule has 32 heavy (non-hydrogen) atoms. The quantitative estimate of drug-likeness (QED) is 0.575. The van der Waals surface area contributed by atoms with Gasteiger partial charge in [-0.25, -0.2) is 9.78 Å². The molecule has 4 rings (SSSR count). The molecule has 2 heterocycles. The number of likely N-dealkylation sites (N-methyl/N-ethyl adjacent to an activating group) is 1. The van der Waals surface area contributed by atoms with E-state index in [0.717, 1.165) is 36.3 Å². The lowest BCUT2D eigenvalue weighted by atomic mass is 10.1. The van der Waals surface area contributed by atoms with Gasteiger partial charge >= 0.3 is 6.09 Å². The lowest BCUT2D eigenvalue weighted by molar-refractivity contribution is -0.118. The van der Waals surface area contributed by atoms with Gasteiger partial charge in [0.05, 0.1) is 5.69 Å². The maximum absolute atomic E-state index is 13.1. The second-order valence-corrected chi connectivity index (χ2v) is 8.90. The minimum Gasteiger partial charge on any atom is -0.445 e. The second kappa shape index (κ2) is 10.4. The normalized spacial score (nSPS) is 14.3. The minimum absolute atomic E-state index is 0.138. The molecular formula is C24H26N4O3S. The van der Waals surface area contributed by atoms with Crippen molar-refractivity contribution in [1.29, 1.82) is 0 Å². The summed E-state index contributed by atoms with van der Waals surface area (Å²) in [6.07, 6.45) is 0.585. The zero-order valence-electron chi connectivity index (χ0n) is 17.9. The third-order valence-corrected chi connectivity index (χ3v) is 6.25. The van der Waals surface area contributed by atoms with E-state index in [2.05, 4.69) is 27.6 Å². The fourth-order valence-electron chi connectivity index (χ4n) is 3.54. The summed E-state index contributed by atoms with van der Waals surface area (Å²) in [6.45, 7) is 1.93. The Kier molecular flexibility index (Phi) is 7.14. The number of alkyl carbamates (subject to hydrolysis) is 1. The summed E-state index contributed by atoms with van der Waals surface area (Å²) in [4.78, 5) is 33.5. The number of benzene rings is 2. The highest BCUT2D eigenvalue weighted by Crippen LogP contribution is 2.27. The molecular weight excluding hydrogens is 424 g/mol. The molecule has 166 valence electrons. The Morgan fingerprint density at radius 2 is 1.78 bits per heavy atom. The summed E-state index contributed by atoms with van der Waals surface area (Å²) in [5, 5.41) is 6.18. The van der Waals surface area contributed by atoms with Crippen molar-refractivity contribution in [2.45, 2.75) is 32.0 Å². The fraction of sp³-hybridized carbons (Fsp3) is 0.292. The van der Waals surface area contributed by atoms with Crippen LogP contribution in [0.4, 0.5) is 9.93 Å². The summed E-state index contributed by atoms with van der Waals surface area (Å²) in [6, 6.07) is 18.2. The van der Waals surface area contributed by atoms with Crippen molar-refractivity contribution in [1.82, 2.24) is 15.2 Å². The molecule has 0 bridgehead atoms. The molecule has 0 saturated carbocycles. The molecule has 2 N–H and O–H groups in total. The van der Waals surface area contributed by atoms with Crippen LogP contribution >= 0.6 is 11.3 Å². The van der Waals surface area contributed by atoms with Gasteiger partial charge in [0.2, 0.25) is 5.91 Å². The summed E-state index contributed by atoms with van der Waals surface area (Å²) in [7, 11) is 2.07. The Hall–Kier alpha value is -3.23. The van der Waals surface area contributed by atoms with Gasteiger partial charge in [-0.3, -0.25) is 4.79 Å². The standard InChI is InChI=1S/C24H26N4O3S/c1-28-13-12-19-21(15-28)32-23(25-19)27-22(29)20(14-17-8-4-2-5-9-17)26-24(30)31-16-18-10-6-3-7-11-18/h2-11,20H,12-16H2,1H3,(H,26,30)(H,25,27,29)/t20-/m0/s1. The average molecular weight is 451 g/mol. The van der Waals surface area contributed by atoms with Crippen LogP contribution in [0.1, 0.15) is 21.7 Å². The Labute approximate surface area is 191 Å². The number of nitrogens with one attached hydrogen (secondary N) is 2. The van der Waals surface area contributed by atoms with Crippen molar-refractivity contribution < 1.29 is 14.3 Å². The van der Waals surface area contributed by atoms with Crippen LogP contribution in [0.3, 0.4) is 0 Å². The van der Waals surface area contributed by atoms with Gasteiger partial charge < -0.3 is 20.3 Å². The summed E-state index contributed by atoms with van der Waals surface area (Å²) in [5.74, 6) is -0.315. The number of ether oxygens (including phenoxy) is 1. The largest absolute Gasteiger partial charge is 0.445 e. The highest BCUT2D eigenvalue weighted by atomic mass is 32.1. The van der Waals surface area contributed by atoms with Crippen LogP contribution in [-0.4, -0.2) is 41.5 Å². The maximum Gasteiger partial charge on any atom is 0.408 e. The molecule has 2 amide bonds. The van der Waals surface area contributed by atoms with Gasteiger partial charge in [0.1, 0.15) is 12.6 Å². The highest BCUT2D eigenvalue weighted by Gasteiger charge is 2.25. The smallest absolute Gasteiger partial charge is 0.408 e. The first-order valence-corrected chi connectivity index (χ1v) is 11.4. The SMILES string of the molecule is CN1CCc2nc(NC(=O)[C@H](Cc3ccccc3)NC(=O)OCc3ccccc3)sc2C1. The van der Waals surface area contributed by atoms with Crippen LogP contribution in [0, 0.1) is 0 Å². The summed E-state index contributed by atoms with van der Waals surface area (Å²) >= 11 is 1.49. The molecule has 0 radical (unpaired) electrons. The van der Waals surface area contributed by atoms with E-state index in [4.69, 9.17) is 4.74 Å². The van der Waals surface area contributed by atoms with Gasteiger partial charge in [0.15, 0.2) is 5.13 Å². The molecule has 0 fully saturated rings. The number of amides is 2. The third kappa shape index (κ3) is 5.93. The van der Waals surface area contributed by atoms with Gasteiger partial charge in [-0.2, -0.15) is 0 Å². The number of hydrogen-bond acceptors (Lipinski definition) is 6. The van der Waals surface area contributed by atoms with Gasteiger partial charge in [-0.15, -0.1) is 11.3 Å². The number of fused-ring (bicyclic) bond motifs is 1.